The number of nitrogens with one attached hydrogen (secondary N) is 2. The number of hydrogen-bond acceptors (Lipinski definition) is 6. The highest BCUT2D eigenvalue weighted by Gasteiger charge is 2.17. The zero-order valence-corrected chi connectivity index (χ0v) is 20.9. The largest absolute Gasteiger partial charge is 0.496 e. The average Bonchev–Trinajstić information content (AvgIpc) is 2.82. The molecule has 10 heteroatoms. The van der Waals surface area contributed by atoms with Crippen LogP contribution in [0.3, 0.4) is 0 Å². The topological polar surface area (TPSA) is 102 Å². The molecule has 4 N–H and O–H groups in total. The molecule has 0 atom stereocenters. The summed E-state index contributed by atoms with van der Waals surface area (Å²) in [6.45, 7) is 7.34. The van der Waals surface area contributed by atoms with E-state index in [0.29, 0.717) is 51.0 Å². The van der Waals surface area contributed by atoms with Crippen LogP contribution in [0.25, 0.3) is 10.9 Å². The standard InChI is InChI=1S/C24H28ClN5O3S/c1-4-30(5-2)11-10-28-23(31)17-13-16-20(14-22(17)32-3)27-9-8-21(16)33-15-6-7-19(18(25)12-15)29-24(26)34/h6-9,12-14H,4-5,10-11H2,1-3H3,(H,28,31)(H3,26,29,34). The number of benzene rings is 2. The Labute approximate surface area is 209 Å². The highest BCUT2D eigenvalue weighted by molar-refractivity contribution is 7.80. The van der Waals surface area contributed by atoms with Crippen LogP contribution in [0.5, 0.6) is 17.2 Å². The molecular formula is C24H28ClN5O3S. The van der Waals surface area contributed by atoms with E-state index >= 15 is 0 Å². The molecule has 0 bridgehead atoms. The van der Waals surface area contributed by atoms with E-state index in [1.54, 1.807) is 42.6 Å². The first kappa shape index (κ1) is 25.5. The quantitative estimate of drug-likeness (QED) is 0.351. The Bertz CT molecular complexity index is 1190. The van der Waals surface area contributed by atoms with E-state index in [1.165, 1.54) is 7.11 Å². The molecule has 0 saturated carbocycles. The number of anilines is 1. The first-order chi connectivity index (χ1) is 16.4. The minimum absolute atomic E-state index is 0.118. The van der Waals surface area contributed by atoms with E-state index < -0.39 is 0 Å². The molecule has 0 fully saturated rings. The maximum atomic E-state index is 13.0. The van der Waals surface area contributed by atoms with Crippen LogP contribution in [0.4, 0.5) is 5.69 Å². The normalized spacial score (nSPS) is 10.9. The zero-order valence-electron chi connectivity index (χ0n) is 19.4. The van der Waals surface area contributed by atoms with Crippen LogP contribution < -0.4 is 25.8 Å². The Morgan fingerprint density at radius 3 is 2.59 bits per heavy atom. The van der Waals surface area contributed by atoms with E-state index in [2.05, 4.69) is 34.4 Å². The van der Waals surface area contributed by atoms with Crippen LogP contribution >= 0.6 is 23.8 Å². The molecule has 0 saturated heterocycles. The molecule has 1 aromatic heterocycles. The molecule has 0 aliphatic rings. The zero-order chi connectivity index (χ0) is 24.7. The number of halogens is 1. The van der Waals surface area contributed by atoms with Crippen molar-refractivity contribution in [3.05, 3.63) is 53.2 Å². The lowest BCUT2D eigenvalue weighted by molar-refractivity contribution is 0.0946. The monoisotopic (exact) mass is 501 g/mol. The molecule has 34 heavy (non-hydrogen) atoms. The molecule has 3 rings (SSSR count). The molecule has 0 radical (unpaired) electrons. The Morgan fingerprint density at radius 2 is 1.94 bits per heavy atom. The fraction of sp³-hybridized carbons (Fsp3) is 0.292. The third kappa shape index (κ3) is 6.25. The van der Waals surface area contributed by atoms with Gasteiger partial charge in [-0.3, -0.25) is 9.78 Å². The van der Waals surface area contributed by atoms with Gasteiger partial charge >= 0.3 is 0 Å². The van der Waals surface area contributed by atoms with E-state index in [4.69, 9.17) is 39.0 Å². The summed E-state index contributed by atoms with van der Waals surface area (Å²) in [6.07, 6.45) is 1.63. The van der Waals surface area contributed by atoms with Crippen molar-refractivity contribution < 1.29 is 14.3 Å². The van der Waals surface area contributed by atoms with Gasteiger partial charge in [0.2, 0.25) is 0 Å². The molecular weight excluding hydrogens is 474 g/mol. The number of fused-ring (bicyclic) bond motifs is 1. The van der Waals surface area contributed by atoms with Gasteiger partial charge in [-0.25, -0.2) is 0 Å². The number of aromatic nitrogens is 1. The summed E-state index contributed by atoms with van der Waals surface area (Å²) >= 11 is 11.2. The second-order valence-electron chi connectivity index (χ2n) is 7.39. The summed E-state index contributed by atoms with van der Waals surface area (Å²) in [7, 11) is 1.53. The molecule has 0 aliphatic heterocycles. The molecule has 1 heterocycles. The Hall–Kier alpha value is -3.14. The lowest BCUT2D eigenvalue weighted by Gasteiger charge is -2.18. The number of ether oxygens (including phenoxy) is 2. The maximum absolute atomic E-state index is 13.0. The number of nitrogens with zero attached hydrogens (tertiary/aromatic N) is 2. The Kier molecular flexibility index (Phi) is 8.86. The van der Waals surface area contributed by atoms with Gasteiger partial charge in [0.05, 0.1) is 28.9 Å². The third-order valence-corrected chi connectivity index (χ3v) is 5.72. The molecule has 1 amide bonds. The van der Waals surface area contributed by atoms with Gasteiger partial charge in [0.15, 0.2) is 5.11 Å². The predicted octanol–water partition coefficient (Wildman–Crippen LogP) is 4.42. The van der Waals surface area contributed by atoms with Crippen molar-refractivity contribution in [2.75, 3.05) is 38.6 Å². The van der Waals surface area contributed by atoms with Crippen molar-refractivity contribution in [1.29, 1.82) is 0 Å². The molecule has 0 unspecified atom stereocenters. The minimum Gasteiger partial charge on any atom is -0.496 e. The number of thiocarbonyl (C=S) groups is 1. The van der Waals surface area contributed by atoms with Gasteiger partial charge < -0.3 is 30.7 Å². The molecule has 180 valence electrons. The van der Waals surface area contributed by atoms with Crippen molar-refractivity contribution in [2.45, 2.75) is 13.8 Å². The highest BCUT2D eigenvalue weighted by Crippen LogP contribution is 2.35. The fourth-order valence-corrected chi connectivity index (χ4v) is 3.79. The SMILES string of the molecule is CCN(CC)CCNC(=O)c1cc2c(Oc3ccc(NC(N)=S)c(Cl)c3)ccnc2cc1OC. The summed E-state index contributed by atoms with van der Waals surface area (Å²) in [4.78, 5) is 19.6. The number of amides is 1. The summed E-state index contributed by atoms with van der Waals surface area (Å²) < 4.78 is 11.6. The van der Waals surface area contributed by atoms with E-state index in [0.717, 1.165) is 19.6 Å². The molecule has 8 nitrogen and oxygen atoms in total. The van der Waals surface area contributed by atoms with Crippen molar-refractivity contribution >= 4 is 51.4 Å². The van der Waals surface area contributed by atoms with E-state index in [-0.39, 0.29) is 11.0 Å². The summed E-state index contributed by atoms with van der Waals surface area (Å²) in [6, 6.07) is 10.3. The number of methoxy groups -OCH3 is 1. The maximum Gasteiger partial charge on any atom is 0.255 e. The number of likely N-dealkylation sites (N-methyl/N-ethyl adjacent to an activating group) is 1. The van der Waals surface area contributed by atoms with Gasteiger partial charge in [-0.1, -0.05) is 25.4 Å². The van der Waals surface area contributed by atoms with Crippen LogP contribution in [-0.4, -0.2) is 54.2 Å². The predicted molar refractivity (Wildman–Crippen MR) is 140 cm³/mol. The van der Waals surface area contributed by atoms with Crippen LogP contribution in [0.2, 0.25) is 5.02 Å². The molecule has 3 aromatic rings. The molecule has 2 aromatic carbocycles. The first-order valence-electron chi connectivity index (χ1n) is 10.9. The molecule has 0 spiro atoms. The smallest absolute Gasteiger partial charge is 0.255 e. The van der Waals surface area contributed by atoms with Gasteiger partial charge in [-0.15, -0.1) is 0 Å². The van der Waals surface area contributed by atoms with E-state index in [9.17, 15) is 4.79 Å². The van der Waals surface area contributed by atoms with Crippen molar-refractivity contribution in [3.63, 3.8) is 0 Å². The fourth-order valence-electron chi connectivity index (χ4n) is 3.47. The number of carbonyl (C=O) groups excluding carboxylic acids is 1. The summed E-state index contributed by atoms with van der Waals surface area (Å²) in [5.41, 5.74) is 7.13. The highest BCUT2D eigenvalue weighted by atomic mass is 35.5. The average molecular weight is 502 g/mol. The Balaban J connectivity index is 1.88. The second kappa shape index (κ2) is 11.8. The Morgan fingerprint density at radius 1 is 1.18 bits per heavy atom. The van der Waals surface area contributed by atoms with Crippen LogP contribution in [0.1, 0.15) is 24.2 Å². The van der Waals surface area contributed by atoms with Gasteiger partial charge in [0.25, 0.3) is 5.91 Å². The number of rotatable bonds is 10. The summed E-state index contributed by atoms with van der Waals surface area (Å²) in [5.74, 6) is 1.24. The van der Waals surface area contributed by atoms with Crippen LogP contribution in [0, 0.1) is 0 Å². The third-order valence-electron chi connectivity index (χ3n) is 5.30. The van der Waals surface area contributed by atoms with Crippen molar-refractivity contribution in [3.8, 4) is 17.2 Å². The minimum atomic E-state index is -0.225. The summed E-state index contributed by atoms with van der Waals surface area (Å²) in [5, 5.41) is 6.96. The van der Waals surface area contributed by atoms with Crippen LogP contribution in [0.15, 0.2) is 42.6 Å². The number of carbonyl (C=O) groups is 1. The van der Waals surface area contributed by atoms with Crippen LogP contribution in [-0.2, 0) is 0 Å². The lowest BCUT2D eigenvalue weighted by Crippen LogP contribution is -2.34. The van der Waals surface area contributed by atoms with Crippen molar-refractivity contribution in [1.82, 2.24) is 15.2 Å². The first-order valence-corrected chi connectivity index (χ1v) is 11.7. The lowest BCUT2D eigenvalue weighted by atomic mass is 10.1. The van der Waals surface area contributed by atoms with Gasteiger partial charge in [0, 0.05) is 36.8 Å². The number of hydrogen-bond donors (Lipinski definition) is 3. The van der Waals surface area contributed by atoms with E-state index in [1.807, 2.05) is 0 Å². The number of nitrogens with two attached hydrogens (primary N) is 1. The molecule has 0 aliphatic carbocycles. The van der Waals surface area contributed by atoms with Gasteiger partial charge in [0.1, 0.15) is 17.2 Å². The van der Waals surface area contributed by atoms with Crippen molar-refractivity contribution in [2.24, 2.45) is 5.73 Å². The second-order valence-corrected chi connectivity index (χ2v) is 8.24. The number of pyridine rings is 1. The van der Waals surface area contributed by atoms with Gasteiger partial charge in [-0.05, 0) is 49.6 Å². The van der Waals surface area contributed by atoms with Gasteiger partial charge in [-0.2, -0.15) is 0 Å².